The molecule has 1 heterocycles. The molecule has 1 amide bonds. The summed E-state index contributed by atoms with van der Waals surface area (Å²) in [6.07, 6.45) is -3.89. The van der Waals surface area contributed by atoms with Gasteiger partial charge in [0.15, 0.2) is 5.78 Å². The van der Waals surface area contributed by atoms with Crippen LogP contribution in [0.1, 0.15) is 22.3 Å². The smallest absolute Gasteiger partial charge is 0.345 e. The summed E-state index contributed by atoms with van der Waals surface area (Å²) in [5.41, 5.74) is -1.03. The van der Waals surface area contributed by atoms with E-state index >= 15 is 0 Å². The SMILES string of the molecule is NN1CCC(C(=O)CNC(=O)c2cccc(C(F)(F)F)c2)C1. The van der Waals surface area contributed by atoms with Gasteiger partial charge in [-0.15, -0.1) is 0 Å². The molecule has 0 saturated carbocycles. The van der Waals surface area contributed by atoms with E-state index in [2.05, 4.69) is 5.32 Å². The van der Waals surface area contributed by atoms with Crippen LogP contribution in [0.4, 0.5) is 13.2 Å². The van der Waals surface area contributed by atoms with Crippen LogP contribution in [0.25, 0.3) is 0 Å². The number of carbonyl (C=O) groups excluding carboxylic acids is 2. The Labute approximate surface area is 125 Å². The molecule has 0 aromatic heterocycles. The number of nitrogens with one attached hydrogen (secondary N) is 1. The second kappa shape index (κ2) is 6.45. The predicted octanol–water partition coefficient (Wildman–Crippen LogP) is 1.20. The van der Waals surface area contributed by atoms with Gasteiger partial charge in [0.1, 0.15) is 0 Å². The van der Waals surface area contributed by atoms with E-state index in [1.165, 1.54) is 11.1 Å². The molecule has 1 aromatic carbocycles. The van der Waals surface area contributed by atoms with Gasteiger partial charge in [-0.3, -0.25) is 15.4 Å². The number of rotatable bonds is 4. The molecule has 1 aromatic rings. The first-order chi connectivity index (χ1) is 10.3. The summed E-state index contributed by atoms with van der Waals surface area (Å²) < 4.78 is 37.8. The lowest BCUT2D eigenvalue weighted by molar-refractivity contribution is -0.137. The molecule has 3 N–H and O–H groups in total. The number of hydrogen-bond acceptors (Lipinski definition) is 4. The van der Waals surface area contributed by atoms with Crippen LogP contribution in [0.3, 0.4) is 0 Å². The van der Waals surface area contributed by atoms with Crippen molar-refractivity contribution >= 4 is 11.7 Å². The second-order valence-electron chi connectivity index (χ2n) is 5.21. The van der Waals surface area contributed by atoms with Crippen molar-refractivity contribution in [1.82, 2.24) is 10.3 Å². The second-order valence-corrected chi connectivity index (χ2v) is 5.21. The number of hydrazine groups is 1. The monoisotopic (exact) mass is 315 g/mol. The summed E-state index contributed by atoms with van der Waals surface area (Å²) in [6.45, 7) is 0.823. The average molecular weight is 315 g/mol. The van der Waals surface area contributed by atoms with Crippen LogP contribution in [0.2, 0.25) is 0 Å². The van der Waals surface area contributed by atoms with Crippen molar-refractivity contribution < 1.29 is 22.8 Å². The minimum Gasteiger partial charge on any atom is -0.345 e. The van der Waals surface area contributed by atoms with Crippen molar-refractivity contribution in [3.05, 3.63) is 35.4 Å². The fraction of sp³-hybridized carbons (Fsp3) is 0.429. The molecule has 0 radical (unpaired) electrons. The molecule has 120 valence electrons. The summed E-state index contributed by atoms with van der Waals surface area (Å²) in [4.78, 5) is 23.7. The molecule has 22 heavy (non-hydrogen) atoms. The van der Waals surface area contributed by atoms with Crippen LogP contribution < -0.4 is 11.2 Å². The van der Waals surface area contributed by atoms with Crippen LogP contribution in [0.5, 0.6) is 0 Å². The van der Waals surface area contributed by atoms with E-state index in [0.29, 0.717) is 19.5 Å². The number of halogens is 3. The molecular weight excluding hydrogens is 299 g/mol. The minimum absolute atomic E-state index is 0.130. The maximum absolute atomic E-state index is 12.6. The molecule has 0 aliphatic carbocycles. The third-order valence-corrected chi connectivity index (χ3v) is 3.55. The molecule has 0 bridgehead atoms. The van der Waals surface area contributed by atoms with Crippen LogP contribution in [-0.4, -0.2) is 36.3 Å². The van der Waals surface area contributed by atoms with Gasteiger partial charge in [-0.25, -0.2) is 5.01 Å². The van der Waals surface area contributed by atoms with E-state index in [0.717, 1.165) is 18.2 Å². The lowest BCUT2D eigenvalue weighted by Crippen LogP contribution is -2.35. The molecule has 1 aliphatic rings. The first-order valence-electron chi connectivity index (χ1n) is 6.75. The maximum Gasteiger partial charge on any atom is 0.416 e. The van der Waals surface area contributed by atoms with Gasteiger partial charge in [0.05, 0.1) is 12.1 Å². The van der Waals surface area contributed by atoms with Gasteiger partial charge in [-0.05, 0) is 24.6 Å². The Bertz CT molecular complexity index is 575. The lowest BCUT2D eigenvalue weighted by atomic mass is 10.0. The molecule has 5 nitrogen and oxygen atoms in total. The Balaban J connectivity index is 1.94. The van der Waals surface area contributed by atoms with Gasteiger partial charge < -0.3 is 5.32 Å². The number of benzene rings is 1. The summed E-state index contributed by atoms with van der Waals surface area (Å²) in [6, 6.07) is 4.07. The fourth-order valence-electron chi connectivity index (χ4n) is 2.30. The largest absolute Gasteiger partial charge is 0.416 e. The molecule has 1 saturated heterocycles. The zero-order valence-electron chi connectivity index (χ0n) is 11.7. The molecule has 8 heteroatoms. The Kier molecular flexibility index (Phi) is 4.82. The standard InChI is InChI=1S/C14H16F3N3O2/c15-14(16,17)11-3-1-2-9(6-11)13(22)19-7-12(21)10-4-5-20(18)8-10/h1-3,6,10H,4-5,7-8,18H2,(H,19,22). The van der Waals surface area contributed by atoms with E-state index in [9.17, 15) is 22.8 Å². The normalized spacial score (nSPS) is 19.2. The molecule has 1 aliphatic heterocycles. The Morgan fingerprint density at radius 1 is 1.36 bits per heavy atom. The molecule has 0 spiro atoms. The molecule has 2 rings (SSSR count). The highest BCUT2D eigenvalue weighted by Gasteiger charge is 2.31. The van der Waals surface area contributed by atoms with Crippen LogP contribution in [-0.2, 0) is 11.0 Å². The van der Waals surface area contributed by atoms with E-state index in [-0.39, 0.29) is 23.8 Å². The zero-order chi connectivity index (χ0) is 16.3. The number of nitrogens with zero attached hydrogens (tertiary/aromatic N) is 1. The van der Waals surface area contributed by atoms with Crippen molar-refractivity contribution in [2.24, 2.45) is 11.8 Å². The first kappa shape index (κ1) is 16.4. The number of Topliss-reactive ketones (excluding diaryl/α,β-unsaturated/α-hetero) is 1. The van der Waals surface area contributed by atoms with Crippen molar-refractivity contribution in [1.29, 1.82) is 0 Å². The van der Waals surface area contributed by atoms with Crippen LogP contribution in [0, 0.1) is 5.92 Å². The highest BCUT2D eigenvalue weighted by atomic mass is 19.4. The molecule has 1 fully saturated rings. The molecule has 1 atom stereocenters. The average Bonchev–Trinajstić information content (AvgIpc) is 2.90. The highest BCUT2D eigenvalue weighted by Crippen LogP contribution is 2.29. The van der Waals surface area contributed by atoms with Crippen LogP contribution >= 0.6 is 0 Å². The fourth-order valence-corrected chi connectivity index (χ4v) is 2.30. The molecule has 1 unspecified atom stereocenters. The summed E-state index contributed by atoms with van der Waals surface area (Å²) >= 11 is 0. The maximum atomic E-state index is 12.6. The third-order valence-electron chi connectivity index (χ3n) is 3.55. The zero-order valence-corrected chi connectivity index (χ0v) is 11.7. The summed E-state index contributed by atoms with van der Waals surface area (Å²) in [5, 5.41) is 3.88. The van der Waals surface area contributed by atoms with E-state index in [1.54, 1.807) is 0 Å². The number of alkyl halides is 3. The quantitative estimate of drug-likeness (QED) is 0.819. The lowest BCUT2D eigenvalue weighted by Gasteiger charge is -2.11. The van der Waals surface area contributed by atoms with Crippen molar-refractivity contribution in [3.63, 3.8) is 0 Å². The Hall–Kier alpha value is -1.93. The Morgan fingerprint density at radius 3 is 2.68 bits per heavy atom. The van der Waals surface area contributed by atoms with Gasteiger partial charge in [-0.1, -0.05) is 6.07 Å². The van der Waals surface area contributed by atoms with E-state index in [1.807, 2.05) is 0 Å². The van der Waals surface area contributed by atoms with Gasteiger partial charge in [0.2, 0.25) is 0 Å². The highest BCUT2D eigenvalue weighted by molar-refractivity contribution is 5.97. The van der Waals surface area contributed by atoms with Gasteiger partial charge in [0, 0.05) is 24.6 Å². The predicted molar refractivity (Wildman–Crippen MR) is 72.7 cm³/mol. The van der Waals surface area contributed by atoms with E-state index < -0.39 is 17.6 Å². The first-order valence-corrected chi connectivity index (χ1v) is 6.75. The van der Waals surface area contributed by atoms with Crippen molar-refractivity contribution in [3.8, 4) is 0 Å². The van der Waals surface area contributed by atoms with Crippen LogP contribution in [0.15, 0.2) is 24.3 Å². The van der Waals surface area contributed by atoms with Gasteiger partial charge in [0.25, 0.3) is 5.91 Å². The summed E-state index contributed by atoms with van der Waals surface area (Å²) in [7, 11) is 0. The minimum atomic E-state index is -4.51. The number of ketones is 1. The number of hydrogen-bond donors (Lipinski definition) is 2. The third kappa shape index (κ3) is 4.05. The number of carbonyl (C=O) groups is 2. The topological polar surface area (TPSA) is 75.4 Å². The summed E-state index contributed by atoms with van der Waals surface area (Å²) in [5.74, 6) is 4.43. The van der Waals surface area contributed by atoms with Gasteiger partial charge >= 0.3 is 6.18 Å². The van der Waals surface area contributed by atoms with Gasteiger partial charge in [-0.2, -0.15) is 13.2 Å². The molecular formula is C14H16F3N3O2. The van der Waals surface area contributed by atoms with Crippen molar-refractivity contribution in [2.75, 3.05) is 19.6 Å². The number of nitrogens with two attached hydrogens (primary N) is 1. The van der Waals surface area contributed by atoms with E-state index in [4.69, 9.17) is 5.84 Å². The Morgan fingerprint density at radius 2 is 2.09 bits per heavy atom. The van der Waals surface area contributed by atoms with Crippen molar-refractivity contribution in [2.45, 2.75) is 12.6 Å². The number of amides is 1.